The fourth-order valence-corrected chi connectivity index (χ4v) is 3.54. The minimum absolute atomic E-state index is 0.103. The molecule has 0 saturated carbocycles. The molecule has 26 heavy (non-hydrogen) atoms. The van der Waals surface area contributed by atoms with Gasteiger partial charge in [-0.3, -0.25) is 14.4 Å². The van der Waals surface area contributed by atoms with E-state index in [1.165, 1.54) is 18.7 Å². The van der Waals surface area contributed by atoms with Gasteiger partial charge in [-0.1, -0.05) is 30.3 Å². The van der Waals surface area contributed by atoms with Gasteiger partial charge in [0.05, 0.1) is 17.4 Å². The van der Waals surface area contributed by atoms with Crippen molar-refractivity contribution in [3.05, 3.63) is 54.6 Å². The van der Waals surface area contributed by atoms with Crippen LogP contribution in [-0.2, 0) is 19.1 Å². The summed E-state index contributed by atoms with van der Waals surface area (Å²) in [5, 5.41) is 4.87. The summed E-state index contributed by atoms with van der Waals surface area (Å²) in [6, 6.07) is 16.3. The second kappa shape index (κ2) is 8.05. The van der Waals surface area contributed by atoms with Crippen LogP contribution in [0.1, 0.15) is 13.3 Å². The molecular weight excluding hydrogens is 352 g/mol. The number of nitrogens with one attached hydrogen (secondary N) is 2. The zero-order valence-corrected chi connectivity index (χ0v) is 14.9. The lowest BCUT2D eigenvalue weighted by atomic mass is 10.2. The number of fused-ring (bicyclic) bond motifs is 1. The van der Waals surface area contributed by atoms with Gasteiger partial charge in [0, 0.05) is 10.6 Å². The highest BCUT2D eigenvalue weighted by molar-refractivity contribution is 8.01. The number of para-hydroxylation sites is 2. The Hall–Kier alpha value is -2.80. The quantitative estimate of drug-likeness (QED) is 0.790. The van der Waals surface area contributed by atoms with E-state index in [1.807, 2.05) is 30.3 Å². The molecule has 2 aromatic rings. The number of esters is 1. The van der Waals surface area contributed by atoms with Gasteiger partial charge in [-0.15, -0.1) is 11.8 Å². The molecule has 0 aromatic heterocycles. The van der Waals surface area contributed by atoms with Crippen LogP contribution in [0, 0.1) is 0 Å². The number of hydrogen-bond acceptors (Lipinski definition) is 5. The number of anilines is 2. The summed E-state index contributed by atoms with van der Waals surface area (Å²) in [6.45, 7) is 1.50. The average molecular weight is 370 g/mol. The number of carbonyl (C=O) groups excluding carboxylic acids is 3. The summed E-state index contributed by atoms with van der Waals surface area (Å²) >= 11 is 1.32. The largest absolute Gasteiger partial charge is 0.452 e. The van der Waals surface area contributed by atoms with E-state index in [2.05, 4.69) is 10.6 Å². The van der Waals surface area contributed by atoms with Gasteiger partial charge < -0.3 is 15.4 Å². The van der Waals surface area contributed by atoms with Crippen molar-refractivity contribution >= 4 is 40.9 Å². The summed E-state index contributed by atoms with van der Waals surface area (Å²) in [5.74, 6) is -1.25. The summed E-state index contributed by atoms with van der Waals surface area (Å²) in [7, 11) is 0. The van der Waals surface area contributed by atoms with Crippen LogP contribution in [-0.4, -0.2) is 29.1 Å². The van der Waals surface area contributed by atoms with E-state index in [-0.39, 0.29) is 12.3 Å². The number of rotatable bonds is 5. The Kier molecular flexibility index (Phi) is 5.58. The second-order valence-corrected chi connectivity index (χ2v) is 7.03. The highest BCUT2D eigenvalue weighted by Gasteiger charge is 2.30. The normalized spacial score (nSPS) is 16.8. The van der Waals surface area contributed by atoms with Crippen molar-refractivity contribution in [2.45, 2.75) is 29.6 Å². The number of thioether (sulfide) groups is 1. The molecule has 0 saturated heterocycles. The topological polar surface area (TPSA) is 84.5 Å². The number of hydrogen-bond donors (Lipinski definition) is 2. The molecular formula is C19H18N2O4S. The van der Waals surface area contributed by atoms with Gasteiger partial charge in [0.15, 0.2) is 6.10 Å². The third kappa shape index (κ3) is 4.43. The molecule has 0 radical (unpaired) electrons. The molecule has 3 rings (SSSR count). The molecule has 1 aliphatic rings. The molecule has 1 heterocycles. The van der Waals surface area contributed by atoms with Gasteiger partial charge in [-0.2, -0.15) is 0 Å². The Labute approximate surface area is 155 Å². The van der Waals surface area contributed by atoms with Crippen LogP contribution >= 0.6 is 11.8 Å². The lowest BCUT2D eigenvalue weighted by Crippen LogP contribution is -2.34. The number of ether oxygens (including phenoxy) is 1. The zero-order chi connectivity index (χ0) is 18.5. The minimum atomic E-state index is -0.952. The van der Waals surface area contributed by atoms with Crippen LogP contribution in [0.15, 0.2) is 59.5 Å². The van der Waals surface area contributed by atoms with Crippen molar-refractivity contribution in [3.8, 4) is 0 Å². The van der Waals surface area contributed by atoms with E-state index >= 15 is 0 Å². The molecule has 0 fully saturated rings. The number of benzene rings is 2. The highest BCUT2D eigenvalue weighted by Crippen LogP contribution is 2.36. The summed E-state index contributed by atoms with van der Waals surface area (Å²) in [4.78, 5) is 37.3. The van der Waals surface area contributed by atoms with Crippen LogP contribution in [0.5, 0.6) is 0 Å². The molecule has 0 bridgehead atoms. The van der Waals surface area contributed by atoms with Crippen LogP contribution in [0.4, 0.5) is 11.4 Å². The first-order valence-corrected chi connectivity index (χ1v) is 9.03. The molecule has 2 aromatic carbocycles. The minimum Gasteiger partial charge on any atom is -0.452 e. The van der Waals surface area contributed by atoms with E-state index < -0.39 is 23.2 Å². The third-order valence-electron chi connectivity index (χ3n) is 3.78. The predicted octanol–water partition coefficient (Wildman–Crippen LogP) is 3.06. The first kappa shape index (κ1) is 18.0. The SMILES string of the molecule is C[C@@H](OC(=O)C[C@@H]1Sc2ccccc2NC1=O)C(=O)Nc1ccccc1. The van der Waals surface area contributed by atoms with Gasteiger partial charge >= 0.3 is 5.97 Å². The molecule has 134 valence electrons. The Balaban J connectivity index is 1.53. The monoisotopic (exact) mass is 370 g/mol. The number of amides is 2. The molecule has 0 spiro atoms. The van der Waals surface area contributed by atoms with Crippen LogP contribution in [0.25, 0.3) is 0 Å². The first-order valence-electron chi connectivity index (χ1n) is 8.15. The van der Waals surface area contributed by atoms with E-state index in [4.69, 9.17) is 4.74 Å². The molecule has 0 aliphatic carbocycles. The zero-order valence-electron chi connectivity index (χ0n) is 14.1. The smallest absolute Gasteiger partial charge is 0.308 e. The maximum atomic E-state index is 12.1. The van der Waals surface area contributed by atoms with Crippen molar-refractivity contribution in [1.29, 1.82) is 0 Å². The Morgan fingerprint density at radius 2 is 1.85 bits per heavy atom. The summed E-state index contributed by atoms with van der Waals surface area (Å²) in [6.07, 6.45) is -1.06. The van der Waals surface area contributed by atoms with Crippen LogP contribution in [0.3, 0.4) is 0 Å². The van der Waals surface area contributed by atoms with Crippen LogP contribution in [0.2, 0.25) is 0 Å². The predicted molar refractivity (Wildman–Crippen MR) is 100.0 cm³/mol. The molecule has 1 aliphatic heterocycles. The fraction of sp³-hybridized carbons (Fsp3) is 0.211. The van der Waals surface area contributed by atoms with Gasteiger partial charge in [0.1, 0.15) is 0 Å². The highest BCUT2D eigenvalue weighted by atomic mass is 32.2. The van der Waals surface area contributed by atoms with Gasteiger partial charge in [0.2, 0.25) is 5.91 Å². The Morgan fingerprint density at radius 1 is 1.15 bits per heavy atom. The van der Waals surface area contributed by atoms with Crippen LogP contribution < -0.4 is 10.6 Å². The standard InChI is InChI=1S/C19H18N2O4S/c1-12(18(23)20-13-7-3-2-4-8-13)25-17(22)11-16-19(24)21-14-9-5-6-10-15(14)26-16/h2-10,12,16H,11H2,1H3,(H,20,23)(H,21,24)/t12-,16+/m1/s1. The van der Waals surface area contributed by atoms with Gasteiger partial charge in [0.25, 0.3) is 5.91 Å². The van der Waals surface area contributed by atoms with Crippen molar-refractivity contribution < 1.29 is 19.1 Å². The lowest BCUT2D eigenvalue weighted by Gasteiger charge is -2.23. The maximum Gasteiger partial charge on any atom is 0.308 e. The van der Waals surface area contributed by atoms with E-state index in [1.54, 1.807) is 24.3 Å². The lowest BCUT2D eigenvalue weighted by molar-refractivity contribution is -0.153. The molecule has 2 atom stereocenters. The molecule has 2 N–H and O–H groups in total. The van der Waals surface area contributed by atoms with Gasteiger partial charge in [-0.05, 0) is 31.2 Å². The summed E-state index contributed by atoms with van der Waals surface area (Å²) < 4.78 is 5.18. The second-order valence-electron chi connectivity index (χ2n) is 5.78. The van der Waals surface area contributed by atoms with Crippen molar-refractivity contribution in [3.63, 3.8) is 0 Å². The van der Waals surface area contributed by atoms with Crippen molar-refractivity contribution in [1.82, 2.24) is 0 Å². The maximum absolute atomic E-state index is 12.1. The average Bonchev–Trinajstić information content (AvgIpc) is 2.63. The van der Waals surface area contributed by atoms with E-state index in [0.29, 0.717) is 5.69 Å². The Morgan fingerprint density at radius 3 is 2.62 bits per heavy atom. The first-order chi connectivity index (χ1) is 12.5. The molecule has 6 nitrogen and oxygen atoms in total. The molecule has 0 unspecified atom stereocenters. The molecule has 2 amide bonds. The fourth-order valence-electron chi connectivity index (χ4n) is 2.44. The number of carbonyl (C=O) groups is 3. The van der Waals surface area contributed by atoms with E-state index in [0.717, 1.165) is 10.6 Å². The molecule has 7 heteroatoms. The van der Waals surface area contributed by atoms with Crippen molar-refractivity contribution in [2.24, 2.45) is 0 Å². The van der Waals surface area contributed by atoms with Crippen molar-refractivity contribution in [2.75, 3.05) is 10.6 Å². The summed E-state index contributed by atoms with van der Waals surface area (Å²) in [5.41, 5.74) is 1.36. The van der Waals surface area contributed by atoms with E-state index in [9.17, 15) is 14.4 Å². The third-order valence-corrected chi connectivity index (χ3v) is 5.05. The van der Waals surface area contributed by atoms with Gasteiger partial charge in [-0.25, -0.2) is 0 Å². The Bertz CT molecular complexity index is 825.